The van der Waals surface area contributed by atoms with E-state index in [1.165, 1.54) is 0 Å². The van der Waals surface area contributed by atoms with E-state index in [9.17, 15) is 0 Å². The van der Waals surface area contributed by atoms with Crippen molar-refractivity contribution in [2.45, 2.75) is 13.3 Å². The highest BCUT2D eigenvalue weighted by Crippen LogP contribution is 2.18. The Morgan fingerprint density at radius 1 is 1.27 bits per heavy atom. The molecule has 0 aliphatic rings. The van der Waals surface area contributed by atoms with E-state index in [1.807, 2.05) is 41.1 Å². The second-order valence-corrected chi connectivity index (χ2v) is 3.28. The Morgan fingerprint density at radius 3 is 2.60 bits per heavy atom. The van der Waals surface area contributed by atoms with Crippen LogP contribution in [0.2, 0.25) is 0 Å². The van der Waals surface area contributed by atoms with Crippen molar-refractivity contribution in [3.8, 4) is 11.6 Å². The third-order valence-electron chi connectivity index (χ3n) is 2.30. The predicted octanol–water partition coefficient (Wildman–Crippen LogP) is 2.44. The lowest BCUT2D eigenvalue weighted by Gasteiger charge is -2.04. The van der Waals surface area contributed by atoms with Crippen LogP contribution in [-0.2, 0) is 6.42 Å². The number of hydrogen-bond donors (Lipinski definition) is 0. The molecule has 0 amide bonds. The minimum Gasteiger partial charge on any atom is -0.481 e. The van der Waals surface area contributed by atoms with Crippen LogP contribution in [-0.4, -0.2) is 16.9 Å². The molecule has 1 aromatic heterocycles. The molecule has 2 aromatic rings. The zero-order valence-electron chi connectivity index (χ0n) is 8.97. The number of rotatable bonds is 3. The molecule has 1 aromatic carbocycles. The van der Waals surface area contributed by atoms with E-state index in [0.717, 1.165) is 23.7 Å². The SMILES string of the molecule is CCc1cc(OC)n(-c2ccccc2)n1. The van der Waals surface area contributed by atoms with E-state index in [4.69, 9.17) is 4.74 Å². The fourth-order valence-corrected chi connectivity index (χ4v) is 1.48. The van der Waals surface area contributed by atoms with Crippen LogP contribution in [0.4, 0.5) is 0 Å². The zero-order chi connectivity index (χ0) is 10.7. The maximum Gasteiger partial charge on any atom is 0.216 e. The molecule has 15 heavy (non-hydrogen) atoms. The number of benzene rings is 1. The average Bonchev–Trinajstić information content (AvgIpc) is 2.73. The monoisotopic (exact) mass is 202 g/mol. The Kier molecular flexibility index (Phi) is 2.72. The van der Waals surface area contributed by atoms with E-state index in [1.54, 1.807) is 7.11 Å². The van der Waals surface area contributed by atoms with Crippen molar-refractivity contribution >= 4 is 0 Å². The van der Waals surface area contributed by atoms with Gasteiger partial charge in [0.15, 0.2) is 0 Å². The maximum absolute atomic E-state index is 5.28. The molecular formula is C12H14N2O. The van der Waals surface area contributed by atoms with Crippen LogP contribution >= 0.6 is 0 Å². The maximum atomic E-state index is 5.28. The molecule has 0 saturated heterocycles. The van der Waals surface area contributed by atoms with Gasteiger partial charge < -0.3 is 4.74 Å². The third-order valence-corrected chi connectivity index (χ3v) is 2.30. The Balaban J connectivity index is 2.47. The van der Waals surface area contributed by atoms with E-state index >= 15 is 0 Å². The molecule has 3 heteroatoms. The molecule has 0 saturated carbocycles. The van der Waals surface area contributed by atoms with Crippen molar-refractivity contribution in [2.75, 3.05) is 7.11 Å². The van der Waals surface area contributed by atoms with Gasteiger partial charge in [-0.05, 0) is 18.6 Å². The summed E-state index contributed by atoms with van der Waals surface area (Å²) in [6.45, 7) is 2.08. The van der Waals surface area contributed by atoms with Gasteiger partial charge in [-0.15, -0.1) is 0 Å². The molecule has 3 nitrogen and oxygen atoms in total. The third kappa shape index (κ3) is 1.86. The highest BCUT2D eigenvalue weighted by Gasteiger charge is 2.07. The van der Waals surface area contributed by atoms with Gasteiger partial charge in [-0.2, -0.15) is 5.10 Å². The summed E-state index contributed by atoms with van der Waals surface area (Å²) in [6, 6.07) is 11.9. The number of ether oxygens (including phenoxy) is 1. The largest absolute Gasteiger partial charge is 0.481 e. The van der Waals surface area contributed by atoms with Gasteiger partial charge in [0.2, 0.25) is 5.88 Å². The summed E-state index contributed by atoms with van der Waals surface area (Å²) >= 11 is 0. The Labute approximate surface area is 89.3 Å². The smallest absolute Gasteiger partial charge is 0.216 e. The molecule has 0 fully saturated rings. The Morgan fingerprint density at radius 2 is 2.00 bits per heavy atom. The van der Waals surface area contributed by atoms with Crippen molar-refractivity contribution in [3.63, 3.8) is 0 Å². The molecule has 0 aliphatic carbocycles. The van der Waals surface area contributed by atoms with Crippen molar-refractivity contribution in [1.29, 1.82) is 0 Å². The number of nitrogens with zero attached hydrogens (tertiary/aromatic N) is 2. The van der Waals surface area contributed by atoms with Gasteiger partial charge in [-0.25, -0.2) is 4.68 Å². The summed E-state index contributed by atoms with van der Waals surface area (Å²) in [5.74, 6) is 0.776. The number of para-hydroxylation sites is 1. The topological polar surface area (TPSA) is 27.1 Å². The summed E-state index contributed by atoms with van der Waals surface area (Å²) < 4.78 is 7.10. The Bertz CT molecular complexity index is 434. The summed E-state index contributed by atoms with van der Waals surface area (Å²) in [7, 11) is 1.66. The normalized spacial score (nSPS) is 10.3. The zero-order valence-corrected chi connectivity index (χ0v) is 8.97. The fraction of sp³-hybridized carbons (Fsp3) is 0.250. The van der Waals surface area contributed by atoms with E-state index in [-0.39, 0.29) is 0 Å². The fourth-order valence-electron chi connectivity index (χ4n) is 1.48. The summed E-state index contributed by atoms with van der Waals surface area (Å²) in [5.41, 5.74) is 2.06. The quantitative estimate of drug-likeness (QED) is 0.764. The van der Waals surface area contributed by atoms with E-state index < -0.39 is 0 Å². The first-order valence-electron chi connectivity index (χ1n) is 5.03. The van der Waals surface area contributed by atoms with Crippen LogP contribution < -0.4 is 4.74 Å². The predicted molar refractivity (Wildman–Crippen MR) is 59.5 cm³/mol. The van der Waals surface area contributed by atoms with Gasteiger partial charge in [0, 0.05) is 6.07 Å². The lowest BCUT2D eigenvalue weighted by Crippen LogP contribution is -1.99. The first kappa shape index (κ1) is 9.77. The lowest BCUT2D eigenvalue weighted by atomic mass is 10.3. The molecule has 0 unspecified atom stereocenters. The second-order valence-electron chi connectivity index (χ2n) is 3.28. The van der Waals surface area contributed by atoms with Gasteiger partial charge >= 0.3 is 0 Å². The number of hydrogen-bond acceptors (Lipinski definition) is 2. The molecule has 0 N–H and O–H groups in total. The minimum atomic E-state index is 0.776. The Hall–Kier alpha value is -1.77. The lowest BCUT2D eigenvalue weighted by molar-refractivity contribution is 0.383. The van der Waals surface area contributed by atoms with Crippen LogP contribution in [0.1, 0.15) is 12.6 Å². The first-order valence-corrected chi connectivity index (χ1v) is 5.03. The second kappa shape index (κ2) is 4.17. The standard InChI is InChI=1S/C12H14N2O/c1-3-10-9-12(15-2)14(13-10)11-7-5-4-6-8-11/h4-9H,3H2,1-2H3. The van der Waals surface area contributed by atoms with Crippen LogP contribution in [0.3, 0.4) is 0 Å². The molecule has 2 rings (SSSR count). The highest BCUT2D eigenvalue weighted by atomic mass is 16.5. The number of aromatic nitrogens is 2. The van der Waals surface area contributed by atoms with Crippen LogP contribution in [0, 0.1) is 0 Å². The minimum absolute atomic E-state index is 0.776. The molecule has 0 aliphatic heterocycles. The summed E-state index contributed by atoms with van der Waals surface area (Å²) in [6.07, 6.45) is 0.913. The van der Waals surface area contributed by atoms with Gasteiger partial charge in [0.05, 0.1) is 18.5 Å². The first-order chi connectivity index (χ1) is 7.35. The van der Waals surface area contributed by atoms with Gasteiger partial charge in [0.25, 0.3) is 0 Å². The molecule has 1 heterocycles. The summed E-state index contributed by atoms with van der Waals surface area (Å²) in [5, 5.41) is 4.46. The highest BCUT2D eigenvalue weighted by molar-refractivity contribution is 5.35. The van der Waals surface area contributed by atoms with E-state index in [2.05, 4.69) is 12.0 Å². The van der Waals surface area contributed by atoms with Crippen molar-refractivity contribution in [1.82, 2.24) is 9.78 Å². The van der Waals surface area contributed by atoms with Crippen LogP contribution in [0.5, 0.6) is 5.88 Å². The molecule has 0 spiro atoms. The van der Waals surface area contributed by atoms with E-state index in [0.29, 0.717) is 0 Å². The molecule has 78 valence electrons. The molecule has 0 radical (unpaired) electrons. The average molecular weight is 202 g/mol. The van der Waals surface area contributed by atoms with Crippen LogP contribution in [0.15, 0.2) is 36.4 Å². The van der Waals surface area contributed by atoms with Crippen LogP contribution in [0.25, 0.3) is 5.69 Å². The molecule has 0 bridgehead atoms. The number of methoxy groups -OCH3 is 1. The molecule has 0 atom stereocenters. The van der Waals surface area contributed by atoms with Crippen molar-refractivity contribution < 1.29 is 4.74 Å². The van der Waals surface area contributed by atoms with Gasteiger partial charge in [-0.3, -0.25) is 0 Å². The van der Waals surface area contributed by atoms with Crippen molar-refractivity contribution in [2.24, 2.45) is 0 Å². The molecular weight excluding hydrogens is 188 g/mol. The van der Waals surface area contributed by atoms with Gasteiger partial charge in [-0.1, -0.05) is 25.1 Å². The summed E-state index contributed by atoms with van der Waals surface area (Å²) in [4.78, 5) is 0. The van der Waals surface area contributed by atoms with Gasteiger partial charge in [0.1, 0.15) is 0 Å². The van der Waals surface area contributed by atoms with Crippen molar-refractivity contribution in [3.05, 3.63) is 42.1 Å². The number of aryl methyl sites for hydroxylation is 1.